The molecule has 1 aliphatic rings. The largest absolute Gasteiger partial charge is 0.439 e. The fraction of sp³-hybridized carbons (Fsp3) is 0.217. The van der Waals surface area contributed by atoms with Gasteiger partial charge in [-0.05, 0) is 61.2 Å². The summed E-state index contributed by atoms with van der Waals surface area (Å²) in [6.45, 7) is 1.59. The van der Waals surface area contributed by atoms with E-state index < -0.39 is 0 Å². The smallest absolute Gasteiger partial charge is 0.222 e. The maximum atomic E-state index is 6.12. The van der Waals surface area contributed by atoms with Crippen LogP contribution >= 0.6 is 11.3 Å². The van der Waals surface area contributed by atoms with Crippen LogP contribution in [-0.4, -0.2) is 23.2 Å². The average Bonchev–Trinajstić information content (AvgIpc) is 3.18. The van der Waals surface area contributed by atoms with Crippen molar-refractivity contribution in [3.8, 4) is 11.6 Å². The van der Waals surface area contributed by atoms with Crippen LogP contribution in [0.5, 0.6) is 11.6 Å². The summed E-state index contributed by atoms with van der Waals surface area (Å²) < 4.78 is 12.8. The lowest BCUT2D eigenvalue weighted by atomic mass is 9.92. The highest BCUT2D eigenvalue weighted by molar-refractivity contribution is 7.22. The number of aromatic nitrogens is 2. The number of rotatable bonds is 5. The molecule has 5 rings (SSSR count). The molecular formula is C23H21N3O2S. The van der Waals surface area contributed by atoms with E-state index >= 15 is 0 Å². The molecule has 0 spiro atoms. The number of para-hydroxylation sites is 1. The SMILES string of the molecule is c1cnc(Oc2ccc(Nc3nc4ccccc4s3)cc2)c(C2CCOCC2)c1. The van der Waals surface area contributed by atoms with Gasteiger partial charge in [0, 0.05) is 30.7 Å². The van der Waals surface area contributed by atoms with Crippen LogP contribution in [0.4, 0.5) is 10.8 Å². The molecule has 4 aromatic rings. The predicted octanol–water partition coefficient (Wildman–Crippen LogP) is 6.12. The van der Waals surface area contributed by atoms with Crippen LogP contribution in [0.3, 0.4) is 0 Å². The van der Waals surface area contributed by atoms with Crippen molar-refractivity contribution in [1.29, 1.82) is 0 Å². The molecule has 2 aromatic carbocycles. The van der Waals surface area contributed by atoms with E-state index in [4.69, 9.17) is 9.47 Å². The molecular weight excluding hydrogens is 382 g/mol. The molecule has 0 amide bonds. The minimum Gasteiger partial charge on any atom is -0.439 e. The molecule has 1 N–H and O–H groups in total. The number of pyridine rings is 1. The first kappa shape index (κ1) is 18.1. The Morgan fingerprint density at radius 3 is 2.62 bits per heavy atom. The van der Waals surface area contributed by atoms with Crippen LogP contribution in [0.2, 0.25) is 0 Å². The number of thiazole rings is 1. The van der Waals surface area contributed by atoms with E-state index in [1.54, 1.807) is 17.5 Å². The van der Waals surface area contributed by atoms with Crippen LogP contribution in [0.15, 0.2) is 66.9 Å². The lowest BCUT2D eigenvalue weighted by molar-refractivity contribution is 0.0848. The molecule has 3 heterocycles. The molecule has 6 heteroatoms. The first-order valence-electron chi connectivity index (χ1n) is 9.78. The van der Waals surface area contributed by atoms with Crippen molar-refractivity contribution in [2.24, 2.45) is 0 Å². The number of hydrogen-bond acceptors (Lipinski definition) is 6. The number of nitrogens with zero attached hydrogens (tertiary/aromatic N) is 2. The van der Waals surface area contributed by atoms with Crippen LogP contribution in [0, 0.1) is 0 Å². The standard InChI is InChI=1S/C23H21N3O2S/c1-2-6-21-20(5-1)26-23(29-21)25-17-7-9-18(10-8-17)28-22-19(4-3-13-24-22)16-11-14-27-15-12-16/h1-10,13,16H,11-12,14-15H2,(H,25,26). The van der Waals surface area contributed by atoms with E-state index in [-0.39, 0.29) is 0 Å². The molecule has 0 bridgehead atoms. The first-order chi connectivity index (χ1) is 14.3. The quantitative estimate of drug-likeness (QED) is 0.435. The highest BCUT2D eigenvalue weighted by atomic mass is 32.1. The van der Waals surface area contributed by atoms with E-state index in [9.17, 15) is 0 Å². The molecule has 5 nitrogen and oxygen atoms in total. The zero-order valence-corrected chi connectivity index (χ0v) is 16.7. The highest BCUT2D eigenvalue weighted by Gasteiger charge is 2.20. The van der Waals surface area contributed by atoms with Gasteiger partial charge in [-0.25, -0.2) is 9.97 Å². The monoisotopic (exact) mass is 403 g/mol. The average molecular weight is 404 g/mol. The van der Waals surface area contributed by atoms with Crippen molar-refractivity contribution in [3.05, 3.63) is 72.4 Å². The lowest BCUT2D eigenvalue weighted by Crippen LogP contribution is -2.15. The van der Waals surface area contributed by atoms with Crippen molar-refractivity contribution < 1.29 is 9.47 Å². The van der Waals surface area contributed by atoms with Crippen LogP contribution in [0.1, 0.15) is 24.3 Å². The van der Waals surface area contributed by atoms with E-state index in [1.165, 1.54) is 4.70 Å². The summed E-state index contributed by atoms with van der Waals surface area (Å²) in [6, 6.07) is 20.1. The van der Waals surface area contributed by atoms with Gasteiger partial charge >= 0.3 is 0 Å². The summed E-state index contributed by atoms with van der Waals surface area (Å²) in [5, 5.41) is 4.25. The van der Waals surface area contributed by atoms with Gasteiger partial charge in [-0.15, -0.1) is 0 Å². The molecule has 1 fully saturated rings. The Morgan fingerprint density at radius 2 is 1.79 bits per heavy atom. The number of hydrogen-bond donors (Lipinski definition) is 1. The Labute approximate surface area is 173 Å². The molecule has 0 aliphatic carbocycles. The zero-order valence-electron chi connectivity index (χ0n) is 15.9. The van der Waals surface area contributed by atoms with E-state index in [0.29, 0.717) is 11.8 Å². The maximum absolute atomic E-state index is 6.12. The van der Waals surface area contributed by atoms with Gasteiger partial charge in [-0.3, -0.25) is 0 Å². The van der Waals surface area contributed by atoms with Gasteiger partial charge in [-0.2, -0.15) is 0 Å². The Kier molecular flexibility index (Phi) is 5.11. The van der Waals surface area contributed by atoms with Crippen molar-refractivity contribution in [2.45, 2.75) is 18.8 Å². The minimum absolute atomic E-state index is 0.437. The number of nitrogens with one attached hydrogen (secondary N) is 1. The molecule has 1 saturated heterocycles. The van der Waals surface area contributed by atoms with Gasteiger partial charge in [0.2, 0.25) is 5.88 Å². The third kappa shape index (κ3) is 4.09. The van der Waals surface area contributed by atoms with Crippen LogP contribution < -0.4 is 10.1 Å². The molecule has 0 unspecified atom stereocenters. The van der Waals surface area contributed by atoms with Crippen LogP contribution in [0.25, 0.3) is 10.2 Å². The summed E-state index contributed by atoms with van der Waals surface area (Å²) in [6.07, 6.45) is 3.79. The fourth-order valence-corrected chi connectivity index (χ4v) is 4.46. The second-order valence-electron chi connectivity index (χ2n) is 7.02. The van der Waals surface area contributed by atoms with Crippen molar-refractivity contribution >= 4 is 32.4 Å². The Balaban J connectivity index is 1.31. The highest BCUT2D eigenvalue weighted by Crippen LogP contribution is 2.35. The number of ether oxygens (including phenoxy) is 2. The first-order valence-corrected chi connectivity index (χ1v) is 10.6. The molecule has 29 heavy (non-hydrogen) atoms. The second-order valence-corrected chi connectivity index (χ2v) is 8.05. The van der Waals surface area contributed by atoms with Gasteiger partial charge in [0.15, 0.2) is 5.13 Å². The molecule has 2 aromatic heterocycles. The summed E-state index contributed by atoms with van der Waals surface area (Å²) in [5.74, 6) is 1.89. The molecule has 0 radical (unpaired) electrons. The van der Waals surface area contributed by atoms with Gasteiger partial charge in [0.05, 0.1) is 10.2 Å². The molecule has 0 atom stereocenters. The normalized spacial score (nSPS) is 14.8. The van der Waals surface area contributed by atoms with E-state index in [1.807, 2.05) is 48.5 Å². The Morgan fingerprint density at radius 1 is 0.966 bits per heavy atom. The Bertz CT molecular complexity index is 1070. The van der Waals surface area contributed by atoms with Crippen molar-refractivity contribution in [2.75, 3.05) is 18.5 Å². The fourth-order valence-electron chi connectivity index (χ4n) is 3.57. The van der Waals surface area contributed by atoms with E-state index in [0.717, 1.165) is 53.7 Å². The van der Waals surface area contributed by atoms with Crippen LogP contribution in [-0.2, 0) is 4.74 Å². The summed E-state index contributed by atoms with van der Waals surface area (Å²) in [7, 11) is 0. The molecule has 146 valence electrons. The minimum atomic E-state index is 0.437. The van der Waals surface area contributed by atoms with Crippen molar-refractivity contribution in [1.82, 2.24) is 9.97 Å². The van der Waals surface area contributed by atoms with Gasteiger partial charge in [0.1, 0.15) is 5.75 Å². The van der Waals surface area contributed by atoms with Gasteiger partial charge in [-0.1, -0.05) is 29.5 Å². The second kappa shape index (κ2) is 8.19. The van der Waals surface area contributed by atoms with Gasteiger partial charge in [0.25, 0.3) is 0 Å². The topological polar surface area (TPSA) is 56.3 Å². The summed E-state index contributed by atoms with van der Waals surface area (Å²) in [4.78, 5) is 9.09. The molecule has 1 aliphatic heterocycles. The zero-order chi connectivity index (χ0) is 19.5. The number of anilines is 2. The van der Waals surface area contributed by atoms with Gasteiger partial charge < -0.3 is 14.8 Å². The number of fused-ring (bicyclic) bond motifs is 1. The summed E-state index contributed by atoms with van der Waals surface area (Å²) >= 11 is 1.64. The summed E-state index contributed by atoms with van der Waals surface area (Å²) in [5.41, 5.74) is 3.14. The third-order valence-electron chi connectivity index (χ3n) is 5.08. The lowest BCUT2D eigenvalue weighted by Gasteiger charge is -2.23. The van der Waals surface area contributed by atoms with E-state index in [2.05, 4.69) is 27.4 Å². The van der Waals surface area contributed by atoms with Crippen molar-refractivity contribution in [3.63, 3.8) is 0 Å². The molecule has 0 saturated carbocycles. The number of benzene rings is 2. The predicted molar refractivity (Wildman–Crippen MR) is 116 cm³/mol. The third-order valence-corrected chi connectivity index (χ3v) is 6.03. The maximum Gasteiger partial charge on any atom is 0.222 e. The Hall–Kier alpha value is -2.96.